The van der Waals surface area contributed by atoms with Crippen molar-refractivity contribution in [1.82, 2.24) is 10.1 Å². The van der Waals surface area contributed by atoms with Crippen molar-refractivity contribution in [3.63, 3.8) is 0 Å². The number of aromatic nitrogens is 2. The third-order valence-corrected chi connectivity index (χ3v) is 2.15. The highest BCUT2D eigenvalue weighted by Crippen LogP contribution is 2.10. The van der Waals surface area contributed by atoms with Crippen LogP contribution in [0.4, 0.5) is 4.39 Å². The summed E-state index contributed by atoms with van der Waals surface area (Å²) in [6, 6.07) is 5.92. The lowest BCUT2D eigenvalue weighted by molar-refractivity contribution is 0.358. The van der Waals surface area contributed by atoms with Gasteiger partial charge in [-0.3, -0.25) is 0 Å². The minimum absolute atomic E-state index is 0.256. The molecule has 1 atom stereocenters. The molecule has 1 aromatic heterocycles. The number of benzene rings is 1. The highest BCUT2D eigenvalue weighted by molar-refractivity contribution is 5.19. The second-order valence-corrected chi connectivity index (χ2v) is 3.64. The lowest BCUT2D eigenvalue weighted by Crippen LogP contribution is -2.05. The first-order chi connectivity index (χ1) is 7.65. The molecule has 1 aromatic carbocycles. The number of hydrogen-bond donors (Lipinski definition) is 1. The molecule has 16 heavy (non-hydrogen) atoms. The van der Waals surface area contributed by atoms with Crippen LogP contribution in [0.1, 0.15) is 30.2 Å². The Labute approximate surface area is 92.3 Å². The molecule has 0 amide bonds. The van der Waals surface area contributed by atoms with Gasteiger partial charge in [-0.2, -0.15) is 4.98 Å². The fraction of sp³-hybridized carbons (Fsp3) is 0.273. The first kappa shape index (κ1) is 10.8. The number of halogens is 1. The number of nitrogens with zero attached hydrogens (tertiary/aromatic N) is 2. The third kappa shape index (κ3) is 2.43. The van der Waals surface area contributed by atoms with E-state index in [2.05, 4.69) is 10.1 Å². The Morgan fingerprint density at radius 1 is 1.38 bits per heavy atom. The summed E-state index contributed by atoms with van der Waals surface area (Å²) in [7, 11) is 0. The van der Waals surface area contributed by atoms with Crippen LogP contribution in [0.25, 0.3) is 0 Å². The summed E-state index contributed by atoms with van der Waals surface area (Å²) in [5.41, 5.74) is 6.52. The molecule has 0 aliphatic rings. The van der Waals surface area contributed by atoms with E-state index in [4.69, 9.17) is 10.3 Å². The largest absolute Gasteiger partial charge is 0.338 e. The molecular weight excluding hydrogens is 209 g/mol. The van der Waals surface area contributed by atoms with Crippen molar-refractivity contribution in [3.05, 3.63) is 47.4 Å². The SMILES string of the molecule is C[C@@H](N)c1nc(Cc2ccc(F)cc2)no1. The molecule has 0 radical (unpaired) electrons. The molecule has 84 valence electrons. The smallest absolute Gasteiger partial charge is 0.243 e. The lowest BCUT2D eigenvalue weighted by atomic mass is 10.1. The molecule has 0 aliphatic carbocycles. The third-order valence-electron chi connectivity index (χ3n) is 2.15. The average molecular weight is 221 g/mol. The quantitative estimate of drug-likeness (QED) is 0.858. The van der Waals surface area contributed by atoms with Crippen LogP contribution < -0.4 is 5.73 Å². The predicted octanol–water partition coefficient (Wildman–Crippen LogP) is 1.82. The van der Waals surface area contributed by atoms with Crippen LogP contribution in [0.15, 0.2) is 28.8 Å². The van der Waals surface area contributed by atoms with Gasteiger partial charge in [0.1, 0.15) is 5.82 Å². The number of rotatable bonds is 3. The number of nitrogens with two attached hydrogens (primary N) is 1. The van der Waals surface area contributed by atoms with Gasteiger partial charge in [0.25, 0.3) is 0 Å². The summed E-state index contributed by atoms with van der Waals surface area (Å²) >= 11 is 0. The molecule has 4 nitrogen and oxygen atoms in total. The lowest BCUT2D eigenvalue weighted by Gasteiger charge is -1.96. The molecule has 0 fully saturated rings. The predicted molar refractivity (Wildman–Crippen MR) is 56.1 cm³/mol. The Kier molecular flexibility index (Phi) is 2.96. The summed E-state index contributed by atoms with van der Waals surface area (Å²) in [6.45, 7) is 1.77. The van der Waals surface area contributed by atoms with Gasteiger partial charge >= 0.3 is 0 Å². The van der Waals surface area contributed by atoms with E-state index in [0.717, 1.165) is 5.56 Å². The van der Waals surface area contributed by atoms with E-state index >= 15 is 0 Å². The molecule has 0 spiro atoms. The Bertz CT molecular complexity index is 464. The zero-order chi connectivity index (χ0) is 11.5. The Morgan fingerprint density at radius 3 is 2.62 bits per heavy atom. The molecule has 0 saturated carbocycles. The number of hydrogen-bond acceptors (Lipinski definition) is 4. The highest BCUT2D eigenvalue weighted by Gasteiger charge is 2.10. The van der Waals surface area contributed by atoms with Crippen LogP contribution in [0, 0.1) is 5.82 Å². The van der Waals surface area contributed by atoms with Gasteiger partial charge in [-0.25, -0.2) is 4.39 Å². The summed E-state index contributed by atoms with van der Waals surface area (Å²) < 4.78 is 17.6. The van der Waals surface area contributed by atoms with Crippen molar-refractivity contribution < 1.29 is 8.91 Å². The Morgan fingerprint density at radius 2 is 2.06 bits per heavy atom. The van der Waals surface area contributed by atoms with Crippen LogP contribution in [0.5, 0.6) is 0 Å². The molecule has 0 bridgehead atoms. The summed E-state index contributed by atoms with van der Waals surface area (Å²) in [5, 5.41) is 3.80. The Hall–Kier alpha value is -1.75. The maximum atomic E-state index is 12.7. The van der Waals surface area contributed by atoms with Crippen molar-refractivity contribution in [2.45, 2.75) is 19.4 Å². The second kappa shape index (κ2) is 4.40. The van der Waals surface area contributed by atoms with Gasteiger partial charge in [-0.15, -0.1) is 0 Å². The first-order valence-corrected chi connectivity index (χ1v) is 4.97. The van der Waals surface area contributed by atoms with Gasteiger partial charge in [0.2, 0.25) is 5.89 Å². The summed E-state index contributed by atoms with van der Waals surface area (Å²) in [6.07, 6.45) is 0.510. The fourth-order valence-corrected chi connectivity index (χ4v) is 1.31. The molecule has 0 saturated heterocycles. The fourth-order valence-electron chi connectivity index (χ4n) is 1.31. The average Bonchev–Trinajstić information content (AvgIpc) is 2.70. The highest BCUT2D eigenvalue weighted by atomic mass is 19.1. The summed E-state index contributed by atoms with van der Waals surface area (Å²) in [4.78, 5) is 4.13. The molecule has 0 aliphatic heterocycles. The minimum atomic E-state index is -0.269. The van der Waals surface area contributed by atoms with Crippen LogP contribution >= 0.6 is 0 Å². The molecule has 1 heterocycles. The van der Waals surface area contributed by atoms with E-state index < -0.39 is 0 Å². The molecule has 2 aromatic rings. The van der Waals surface area contributed by atoms with Gasteiger partial charge in [0.05, 0.1) is 6.04 Å². The van der Waals surface area contributed by atoms with Gasteiger partial charge < -0.3 is 10.3 Å². The first-order valence-electron chi connectivity index (χ1n) is 4.97. The van der Waals surface area contributed by atoms with Crippen molar-refractivity contribution in [3.8, 4) is 0 Å². The van der Waals surface area contributed by atoms with Gasteiger partial charge in [-0.05, 0) is 24.6 Å². The maximum absolute atomic E-state index is 12.7. The normalized spacial score (nSPS) is 12.7. The van der Waals surface area contributed by atoms with Crippen molar-refractivity contribution in [1.29, 1.82) is 0 Å². The molecule has 2 rings (SSSR count). The van der Waals surface area contributed by atoms with Gasteiger partial charge in [0.15, 0.2) is 5.82 Å². The van der Waals surface area contributed by atoms with Crippen LogP contribution in [-0.2, 0) is 6.42 Å². The second-order valence-electron chi connectivity index (χ2n) is 3.64. The van der Waals surface area contributed by atoms with E-state index in [-0.39, 0.29) is 11.9 Å². The van der Waals surface area contributed by atoms with E-state index in [1.807, 2.05) is 0 Å². The van der Waals surface area contributed by atoms with E-state index in [0.29, 0.717) is 18.1 Å². The molecule has 0 unspecified atom stereocenters. The standard InChI is InChI=1S/C11H12FN3O/c1-7(13)11-14-10(15-16-11)6-8-2-4-9(12)5-3-8/h2-5,7H,6,13H2,1H3/t7-/m1/s1. The molecule has 2 N–H and O–H groups in total. The van der Waals surface area contributed by atoms with E-state index in [9.17, 15) is 4.39 Å². The summed E-state index contributed by atoms with van der Waals surface area (Å²) in [5.74, 6) is 0.712. The van der Waals surface area contributed by atoms with Crippen LogP contribution in [-0.4, -0.2) is 10.1 Å². The monoisotopic (exact) mass is 221 g/mol. The zero-order valence-electron chi connectivity index (χ0n) is 8.85. The van der Waals surface area contributed by atoms with Crippen molar-refractivity contribution >= 4 is 0 Å². The van der Waals surface area contributed by atoms with E-state index in [1.165, 1.54) is 12.1 Å². The minimum Gasteiger partial charge on any atom is -0.338 e. The zero-order valence-corrected chi connectivity index (χ0v) is 8.85. The van der Waals surface area contributed by atoms with Crippen LogP contribution in [0.2, 0.25) is 0 Å². The van der Waals surface area contributed by atoms with Crippen LogP contribution in [0.3, 0.4) is 0 Å². The van der Waals surface area contributed by atoms with Crippen molar-refractivity contribution in [2.75, 3.05) is 0 Å². The molecule has 5 heteroatoms. The van der Waals surface area contributed by atoms with E-state index in [1.54, 1.807) is 19.1 Å². The topological polar surface area (TPSA) is 64.9 Å². The Balaban J connectivity index is 2.11. The maximum Gasteiger partial charge on any atom is 0.243 e. The molecular formula is C11H12FN3O. The van der Waals surface area contributed by atoms with Gasteiger partial charge in [0, 0.05) is 6.42 Å². The van der Waals surface area contributed by atoms with Crippen molar-refractivity contribution in [2.24, 2.45) is 5.73 Å². The van der Waals surface area contributed by atoms with Gasteiger partial charge in [-0.1, -0.05) is 17.3 Å².